The van der Waals surface area contributed by atoms with Crippen molar-refractivity contribution in [3.63, 3.8) is 0 Å². The number of thiophene rings is 1. The van der Waals surface area contributed by atoms with E-state index in [1.165, 1.54) is 17.4 Å². The van der Waals surface area contributed by atoms with Gasteiger partial charge in [0.25, 0.3) is 5.91 Å². The van der Waals surface area contributed by atoms with Crippen molar-refractivity contribution in [3.8, 4) is 0 Å². The Morgan fingerprint density at radius 3 is 2.87 bits per heavy atom. The molecule has 0 radical (unpaired) electrons. The first-order valence-electron chi connectivity index (χ1n) is 10.0. The Morgan fingerprint density at radius 1 is 1.30 bits per heavy atom. The predicted molar refractivity (Wildman–Crippen MR) is 114 cm³/mol. The normalized spacial score (nSPS) is 15.8. The molecule has 0 bridgehead atoms. The molecule has 1 saturated heterocycles. The average Bonchev–Trinajstić information content (AvgIpc) is 3.12. The van der Waals surface area contributed by atoms with Gasteiger partial charge in [-0.3, -0.25) is 9.78 Å². The van der Waals surface area contributed by atoms with Crippen molar-refractivity contribution < 1.29 is 13.9 Å². The van der Waals surface area contributed by atoms with Gasteiger partial charge in [0.2, 0.25) is 5.95 Å². The molecule has 9 heteroatoms. The van der Waals surface area contributed by atoms with E-state index in [-0.39, 0.29) is 11.9 Å². The third kappa shape index (κ3) is 4.73. The number of amides is 1. The number of pyridine rings is 1. The highest BCUT2D eigenvalue weighted by Crippen LogP contribution is 2.28. The molecule has 4 rings (SSSR count). The molecule has 1 aliphatic rings. The summed E-state index contributed by atoms with van der Waals surface area (Å²) in [5, 5.41) is 6.19. The van der Waals surface area contributed by atoms with E-state index < -0.39 is 5.82 Å². The van der Waals surface area contributed by atoms with Gasteiger partial charge in [0, 0.05) is 30.8 Å². The molecule has 0 aliphatic carbocycles. The number of aryl methyl sites for hydroxylation is 1. The molecule has 158 valence electrons. The molecule has 4 heterocycles. The fraction of sp³-hybridized carbons (Fsp3) is 0.429. The molecule has 1 unspecified atom stereocenters. The van der Waals surface area contributed by atoms with Crippen LogP contribution in [-0.4, -0.2) is 40.6 Å². The lowest BCUT2D eigenvalue weighted by molar-refractivity contribution is 0.0642. The topological polar surface area (TPSA) is 89.0 Å². The number of carbonyl (C=O) groups excluding carboxylic acids is 1. The number of ether oxygens (including phenoxy) is 1. The lowest BCUT2D eigenvalue weighted by Gasteiger charge is -2.22. The van der Waals surface area contributed by atoms with Crippen molar-refractivity contribution >= 4 is 33.4 Å². The Kier molecular flexibility index (Phi) is 6.19. The summed E-state index contributed by atoms with van der Waals surface area (Å²) in [6.45, 7) is 5.93. The van der Waals surface area contributed by atoms with E-state index in [0.717, 1.165) is 47.3 Å². The van der Waals surface area contributed by atoms with Crippen molar-refractivity contribution in [3.05, 3.63) is 46.5 Å². The molecule has 2 N–H and O–H groups in total. The third-order valence-electron chi connectivity index (χ3n) is 5.17. The van der Waals surface area contributed by atoms with E-state index in [2.05, 4.69) is 25.6 Å². The first kappa shape index (κ1) is 20.6. The number of nitrogens with one attached hydrogen (secondary N) is 2. The Bertz CT molecular complexity index is 1050. The molecule has 30 heavy (non-hydrogen) atoms. The predicted octanol–water partition coefficient (Wildman–Crippen LogP) is 3.86. The number of anilines is 1. The molecule has 3 aromatic heterocycles. The molecule has 1 amide bonds. The van der Waals surface area contributed by atoms with Crippen LogP contribution in [0, 0.1) is 18.7 Å². The van der Waals surface area contributed by atoms with E-state index in [9.17, 15) is 9.18 Å². The lowest BCUT2D eigenvalue weighted by Crippen LogP contribution is -2.32. The second-order valence-electron chi connectivity index (χ2n) is 7.54. The number of hydrogen-bond donors (Lipinski definition) is 2. The van der Waals surface area contributed by atoms with Gasteiger partial charge in [-0.05, 0) is 50.3 Å². The second kappa shape index (κ2) is 9.01. The summed E-state index contributed by atoms with van der Waals surface area (Å²) >= 11 is 1.50. The summed E-state index contributed by atoms with van der Waals surface area (Å²) in [5.74, 6) is 0.134. The van der Waals surface area contributed by atoms with Crippen LogP contribution in [0.4, 0.5) is 10.3 Å². The van der Waals surface area contributed by atoms with Crippen LogP contribution < -0.4 is 10.6 Å². The Morgan fingerprint density at radius 2 is 2.10 bits per heavy atom. The minimum atomic E-state index is -0.404. The maximum absolute atomic E-state index is 13.5. The molecule has 1 aliphatic heterocycles. The van der Waals surface area contributed by atoms with Gasteiger partial charge in [-0.1, -0.05) is 0 Å². The van der Waals surface area contributed by atoms with Crippen LogP contribution in [0.15, 0.2) is 24.5 Å². The van der Waals surface area contributed by atoms with Crippen molar-refractivity contribution in [1.29, 1.82) is 0 Å². The van der Waals surface area contributed by atoms with Gasteiger partial charge in [-0.15, -0.1) is 11.3 Å². The number of hydrogen-bond acceptors (Lipinski definition) is 7. The van der Waals surface area contributed by atoms with Crippen molar-refractivity contribution in [2.24, 2.45) is 5.92 Å². The quantitative estimate of drug-likeness (QED) is 0.619. The van der Waals surface area contributed by atoms with Gasteiger partial charge >= 0.3 is 0 Å². The van der Waals surface area contributed by atoms with Gasteiger partial charge in [0.15, 0.2) is 5.69 Å². The molecule has 3 aromatic rings. The second-order valence-corrected chi connectivity index (χ2v) is 8.79. The summed E-state index contributed by atoms with van der Waals surface area (Å²) in [6, 6.07) is 3.08. The number of carbonyl (C=O) groups is 1. The minimum absolute atomic E-state index is 0.209. The van der Waals surface area contributed by atoms with Gasteiger partial charge in [0.05, 0.1) is 22.5 Å². The lowest BCUT2D eigenvalue weighted by atomic mass is 10.0. The maximum atomic E-state index is 13.5. The molecular weight excluding hydrogens is 405 g/mol. The van der Waals surface area contributed by atoms with Gasteiger partial charge in [-0.2, -0.15) is 0 Å². The molecule has 7 nitrogen and oxygen atoms in total. The zero-order valence-corrected chi connectivity index (χ0v) is 17.8. The van der Waals surface area contributed by atoms with Crippen molar-refractivity contribution in [2.45, 2.75) is 32.7 Å². The van der Waals surface area contributed by atoms with Gasteiger partial charge in [0.1, 0.15) is 5.82 Å². The largest absolute Gasteiger partial charge is 0.381 e. The van der Waals surface area contributed by atoms with E-state index in [1.807, 2.05) is 19.9 Å². The highest BCUT2D eigenvalue weighted by atomic mass is 32.1. The van der Waals surface area contributed by atoms with E-state index in [1.54, 1.807) is 6.20 Å². The summed E-state index contributed by atoms with van der Waals surface area (Å²) in [7, 11) is 0. The zero-order valence-electron chi connectivity index (χ0n) is 16.9. The van der Waals surface area contributed by atoms with Gasteiger partial charge in [-0.25, -0.2) is 14.4 Å². The summed E-state index contributed by atoms with van der Waals surface area (Å²) in [4.78, 5) is 26.9. The van der Waals surface area contributed by atoms with Crippen LogP contribution in [0.2, 0.25) is 0 Å². The summed E-state index contributed by atoms with van der Waals surface area (Å²) in [6.07, 6.45) is 4.65. The monoisotopic (exact) mass is 429 g/mol. The van der Waals surface area contributed by atoms with E-state index in [0.29, 0.717) is 29.7 Å². The van der Waals surface area contributed by atoms with Crippen molar-refractivity contribution in [1.82, 2.24) is 20.3 Å². The number of halogens is 1. The molecule has 0 saturated carbocycles. The zero-order chi connectivity index (χ0) is 21.1. The third-order valence-corrected chi connectivity index (χ3v) is 6.22. The molecule has 1 fully saturated rings. The smallest absolute Gasteiger partial charge is 0.271 e. The van der Waals surface area contributed by atoms with Crippen LogP contribution >= 0.6 is 11.3 Å². The van der Waals surface area contributed by atoms with E-state index in [4.69, 9.17) is 4.74 Å². The fourth-order valence-electron chi connectivity index (χ4n) is 3.48. The number of fused-ring (bicyclic) bond motifs is 1. The van der Waals surface area contributed by atoms with Crippen molar-refractivity contribution in [2.75, 3.05) is 25.1 Å². The van der Waals surface area contributed by atoms with Crippen LogP contribution in [0.5, 0.6) is 0 Å². The first-order chi connectivity index (χ1) is 14.5. The first-order valence-corrected chi connectivity index (χ1v) is 10.8. The minimum Gasteiger partial charge on any atom is -0.381 e. The molecular formula is C21H24FN5O2S. The molecule has 0 aromatic carbocycles. The van der Waals surface area contributed by atoms with Crippen LogP contribution in [0.25, 0.3) is 10.2 Å². The summed E-state index contributed by atoms with van der Waals surface area (Å²) in [5.41, 5.74) is 1.75. The van der Waals surface area contributed by atoms with Gasteiger partial charge < -0.3 is 15.4 Å². The van der Waals surface area contributed by atoms with Crippen LogP contribution in [-0.2, 0) is 4.74 Å². The molecule has 0 spiro atoms. The maximum Gasteiger partial charge on any atom is 0.271 e. The Labute approximate surface area is 178 Å². The average molecular weight is 430 g/mol. The van der Waals surface area contributed by atoms with Crippen LogP contribution in [0.3, 0.4) is 0 Å². The van der Waals surface area contributed by atoms with Crippen LogP contribution in [0.1, 0.15) is 46.7 Å². The number of rotatable bonds is 6. The standard InChI is InChI=1S/C21H24FN5O2S/c1-12-7-17-19(30-12)18(20(28)24-9-14-3-5-29-6-4-14)27-21(26-17)25-13(2)15-8-16(22)11-23-10-15/h7-8,10-11,13-14H,3-6,9H2,1-2H3,(H,24,28)(H,25,26,27). The molecule has 1 atom stereocenters. The number of aromatic nitrogens is 3. The Hall–Kier alpha value is -2.65. The fourth-order valence-corrected chi connectivity index (χ4v) is 4.42. The number of nitrogens with zero attached hydrogens (tertiary/aromatic N) is 3. The Balaban J connectivity index is 1.56. The highest BCUT2D eigenvalue weighted by Gasteiger charge is 2.20. The SMILES string of the molecule is Cc1cc2nc(NC(C)c3cncc(F)c3)nc(C(=O)NCC3CCOCC3)c2s1. The highest BCUT2D eigenvalue weighted by molar-refractivity contribution is 7.19. The van der Waals surface area contributed by atoms with E-state index >= 15 is 0 Å². The summed E-state index contributed by atoms with van der Waals surface area (Å²) < 4.78 is 19.7.